The Balaban J connectivity index is 3.03. The molecule has 1 aromatic rings. The maximum atomic E-state index is 10.0. The van der Waals surface area contributed by atoms with Gasteiger partial charge in [0.1, 0.15) is 6.10 Å². The Kier molecular flexibility index (Phi) is 4.65. The van der Waals surface area contributed by atoms with E-state index in [1.165, 1.54) is 0 Å². The van der Waals surface area contributed by atoms with Crippen LogP contribution < -0.4 is 5.73 Å². The van der Waals surface area contributed by atoms with Crippen LogP contribution in [0, 0.1) is 13.8 Å². The summed E-state index contributed by atoms with van der Waals surface area (Å²) < 4.78 is 0. The van der Waals surface area contributed by atoms with E-state index < -0.39 is 12.2 Å². The van der Waals surface area contributed by atoms with E-state index in [4.69, 9.17) is 5.73 Å². The summed E-state index contributed by atoms with van der Waals surface area (Å²) >= 11 is 4.04. The maximum Gasteiger partial charge on any atom is 0.105 e. The second-order valence-electron chi connectivity index (χ2n) is 4.09. The van der Waals surface area contributed by atoms with Gasteiger partial charge in [0.05, 0.1) is 6.10 Å². The molecule has 0 aliphatic heterocycles. The fraction of sp³-hybridized carbons (Fsp3) is 0.500. The van der Waals surface area contributed by atoms with Gasteiger partial charge in [0, 0.05) is 5.69 Å². The maximum absolute atomic E-state index is 10.0. The fourth-order valence-corrected chi connectivity index (χ4v) is 2.22. The Morgan fingerprint density at radius 1 is 1.25 bits per heavy atom. The number of aliphatic hydroxyl groups excluding tert-OH is 2. The quantitative estimate of drug-likeness (QED) is 0.478. The van der Waals surface area contributed by atoms with Crippen LogP contribution in [0.2, 0.25) is 0 Å². The van der Waals surface area contributed by atoms with Crippen LogP contribution in [0.5, 0.6) is 0 Å². The first-order valence-corrected chi connectivity index (χ1v) is 5.94. The summed E-state index contributed by atoms with van der Waals surface area (Å²) in [6.07, 6.45) is -1.18. The van der Waals surface area contributed by atoms with Crippen molar-refractivity contribution in [2.45, 2.75) is 32.5 Å². The first-order valence-electron chi connectivity index (χ1n) is 5.31. The molecule has 0 heterocycles. The molecule has 0 aromatic heterocycles. The summed E-state index contributed by atoms with van der Waals surface area (Å²) in [6, 6.07) is 3.61. The highest BCUT2D eigenvalue weighted by molar-refractivity contribution is 7.80. The van der Waals surface area contributed by atoms with E-state index in [-0.39, 0.29) is 0 Å². The zero-order chi connectivity index (χ0) is 12.3. The largest absolute Gasteiger partial charge is 0.399 e. The topological polar surface area (TPSA) is 66.5 Å². The van der Waals surface area contributed by atoms with Crippen LogP contribution in [0.15, 0.2) is 12.1 Å². The molecule has 1 aromatic carbocycles. The molecule has 0 saturated heterocycles. The first kappa shape index (κ1) is 13.4. The molecule has 2 unspecified atom stereocenters. The van der Waals surface area contributed by atoms with E-state index in [0.29, 0.717) is 17.9 Å². The number of aliphatic hydroxyl groups is 2. The molecule has 0 spiro atoms. The molecule has 4 N–H and O–H groups in total. The van der Waals surface area contributed by atoms with Crippen molar-refractivity contribution in [3.05, 3.63) is 28.8 Å². The van der Waals surface area contributed by atoms with Crippen molar-refractivity contribution in [2.24, 2.45) is 0 Å². The number of hydrogen-bond acceptors (Lipinski definition) is 4. The van der Waals surface area contributed by atoms with Crippen LogP contribution in [-0.4, -0.2) is 22.1 Å². The second-order valence-corrected chi connectivity index (χ2v) is 4.54. The molecule has 0 saturated carbocycles. The van der Waals surface area contributed by atoms with Gasteiger partial charge in [-0.2, -0.15) is 12.6 Å². The van der Waals surface area contributed by atoms with Crippen molar-refractivity contribution in [3.8, 4) is 0 Å². The normalized spacial score (nSPS) is 14.8. The molecule has 0 aliphatic rings. The van der Waals surface area contributed by atoms with Gasteiger partial charge in [-0.25, -0.2) is 0 Å². The van der Waals surface area contributed by atoms with Gasteiger partial charge in [-0.1, -0.05) is 0 Å². The molecule has 0 aliphatic carbocycles. The van der Waals surface area contributed by atoms with Gasteiger partial charge in [0.2, 0.25) is 0 Å². The summed E-state index contributed by atoms with van der Waals surface area (Å²) in [4.78, 5) is 0. The minimum Gasteiger partial charge on any atom is -0.399 e. The van der Waals surface area contributed by atoms with Gasteiger partial charge < -0.3 is 15.9 Å². The van der Waals surface area contributed by atoms with Crippen molar-refractivity contribution < 1.29 is 10.2 Å². The van der Waals surface area contributed by atoms with Gasteiger partial charge in [-0.15, -0.1) is 0 Å². The Labute approximate surface area is 102 Å². The molecule has 4 heteroatoms. The van der Waals surface area contributed by atoms with Gasteiger partial charge >= 0.3 is 0 Å². The predicted octanol–water partition coefficient (Wildman–Crippen LogP) is 1.60. The van der Waals surface area contributed by atoms with Crippen molar-refractivity contribution in [3.63, 3.8) is 0 Å². The third-order valence-electron chi connectivity index (χ3n) is 2.70. The smallest absolute Gasteiger partial charge is 0.105 e. The Morgan fingerprint density at radius 3 is 2.19 bits per heavy atom. The third-order valence-corrected chi connectivity index (χ3v) is 2.96. The van der Waals surface area contributed by atoms with Gasteiger partial charge in [0.15, 0.2) is 0 Å². The summed E-state index contributed by atoms with van der Waals surface area (Å²) in [6.45, 7) is 3.77. The lowest BCUT2D eigenvalue weighted by Gasteiger charge is -2.21. The number of hydrogen-bond donors (Lipinski definition) is 4. The Morgan fingerprint density at radius 2 is 1.75 bits per heavy atom. The van der Waals surface area contributed by atoms with Crippen molar-refractivity contribution in [1.82, 2.24) is 0 Å². The summed E-state index contributed by atoms with van der Waals surface area (Å²) in [5, 5.41) is 19.8. The van der Waals surface area contributed by atoms with Crippen LogP contribution >= 0.6 is 12.6 Å². The lowest BCUT2D eigenvalue weighted by Crippen LogP contribution is -2.20. The number of aryl methyl sites for hydroxylation is 2. The van der Waals surface area contributed by atoms with Gasteiger partial charge in [-0.05, 0) is 54.8 Å². The van der Waals surface area contributed by atoms with Crippen molar-refractivity contribution in [1.29, 1.82) is 0 Å². The van der Waals surface area contributed by atoms with Crippen molar-refractivity contribution in [2.75, 3.05) is 11.5 Å². The Hall–Kier alpha value is -0.710. The highest BCUT2D eigenvalue weighted by atomic mass is 32.1. The molecule has 16 heavy (non-hydrogen) atoms. The summed E-state index contributed by atoms with van der Waals surface area (Å²) in [7, 11) is 0. The standard InChI is InChI=1S/C12H19NO2S/c1-7-5-9(13)6-8(2)11(7)12(15)10(14)3-4-16/h5-6,10,12,14-16H,3-4,13H2,1-2H3. The highest BCUT2D eigenvalue weighted by Crippen LogP contribution is 2.27. The molecule has 3 nitrogen and oxygen atoms in total. The zero-order valence-electron chi connectivity index (χ0n) is 9.64. The number of nitrogen functional groups attached to an aromatic ring is 1. The summed E-state index contributed by atoms with van der Waals surface area (Å²) in [5.74, 6) is 0.547. The Bertz CT molecular complexity index is 345. The van der Waals surface area contributed by atoms with Gasteiger partial charge in [0.25, 0.3) is 0 Å². The molecule has 90 valence electrons. The average molecular weight is 241 g/mol. The monoisotopic (exact) mass is 241 g/mol. The minimum atomic E-state index is -0.868. The molecule has 0 bridgehead atoms. The number of benzene rings is 1. The fourth-order valence-electron chi connectivity index (χ4n) is 1.96. The van der Waals surface area contributed by atoms with Crippen LogP contribution in [0.1, 0.15) is 29.2 Å². The van der Waals surface area contributed by atoms with Crippen LogP contribution in [0.25, 0.3) is 0 Å². The van der Waals surface area contributed by atoms with Crippen LogP contribution in [-0.2, 0) is 0 Å². The van der Waals surface area contributed by atoms with E-state index in [1.807, 2.05) is 13.8 Å². The molecular formula is C12H19NO2S. The average Bonchev–Trinajstić information content (AvgIpc) is 2.16. The molecular weight excluding hydrogens is 222 g/mol. The highest BCUT2D eigenvalue weighted by Gasteiger charge is 2.21. The van der Waals surface area contributed by atoms with E-state index in [1.54, 1.807) is 12.1 Å². The third kappa shape index (κ3) is 2.90. The van der Waals surface area contributed by atoms with Crippen LogP contribution in [0.4, 0.5) is 5.69 Å². The zero-order valence-corrected chi connectivity index (χ0v) is 10.5. The van der Waals surface area contributed by atoms with E-state index in [0.717, 1.165) is 16.7 Å². The molecule has 0 radical (unpaired) electrons. The summed E-state index contributed by atoms with van der Waals surface area (Å²) in [5.41, 5.74) is 8.96. The SMILES string of the molecule is Cc1cc(N)cc(C)c1C(O)C(O)CCS. The lowest BCUT2D eigenvalue weighted by molar-refractivity contribution is 0.0165. The van der Waals surface area contributed by atoms with Crippen molar-refractivity contribution >= 4 is 18.3 Å². The molecule has 0 amide bonds. The number of nitrogens with two attached hydrogens (primary N) is 1. The van der Waals surface area contributed by atoms with E-state index >= 15 is 0 Å². The van der Waals surface area contributed by atoms with E-state index in [2.05, 4.69) is 12.6 Å². The number of rotatable bonds is 4. The van der Waals surface area contributed by atoms with Crippen LogP contribution in [0.3, 0.4) is 0 Å². The molecule has 0 fully saturated rings. The van der Waals surface area contributed by atoms with Gasteiger partial charge in [-0.3, -0.25) is 0 Å². The lowest BCUT2D eigenvalue weighted by atomic mass is 9.93. The predicted molar refractivity (Wildman–Crippen MR) is 69.8 cm³/mol. The first-order chi connectivity index (χ1) is 7.47. The number of anilines is 1. The minimum absolute atomic E-state index is 0.466. The molecule has 1 rings (SSSR count). The molecule has 2 atom stereocenters. The second kappa shape index (κ2) is 5.57. The van der Waals surface area contributed by atoms with E-state index in [9.17, 15) is 10.2 Å². The number of thiol groups is 1.